The van der Waals surface area contributed by atoms with Crippen molar-refractivity contribution < 1.29 is 26.9 Å². The highest BCUT2D eigenvalue weighted by Gasteiger charge is 2.43. The van der Waals surface area contributed by atoms with Gasteiger partial charge in [-0.2, -0.15) is 8.42 Å². The maximum absolute atomic E-state index is 13.0. The van der Waals surface area contributed by atoms with Crippen LogP contribution in [0.5, 0.6) is 0 Å². The number of rotatable bonds is 8. The van der Waals surface area contributed by atoms with E-state index in [9.17, 15) is 18.0 Å². The number of esters is 1. The maximum atomic E-state index is 13.0. The molecule has 0 bridgehead atoms. The Labute approximate surface area is 188 Å². The first kappa shape index (κ1) is 23.6. The average molecular weight is 455 g/mol. The maximum Gasteiger partial charge on any atom is 0.322 e. The van der Waals surface area contributed by atoms with Crippen molar-refractivity contribution in [2.75, 3.05) is 6.61 Å². The molecule has 2 unspecified atom stereocenters. The van der Waals surface area contributed by atoms with Crippen LogP contribution in [0.2, 0.25) is 0 Å². The smallest absolute Gasteiger partial charge is 0.322 e. The van der Waals surface area contributed by atoms with Gasteiger partial charge < -0.3 is 4.74 Å². The van der Waals surface area contributed by atoms with Crippen LogP contribution in [0.4, 0.5) is 0 Å². The fourth-order valence-electron chi connectivity index (χ4n) is 3.23. The van der Waals surface area contributed by atoms with Crippen LogP contribution >= 0.6 is 0 Å². The molecule has 0 spiro atoms. The molecule has 0 amide bonds. The van der Waals surface area contributed by atoms with E-state index in [-0.39, 0.29) is 4.90 Å². The van der Waals surface area contributed by atoms with Gasteiger partial charge in [-0.15, -0.1) is 0 Å². The molecule has 0 aliphatic carbocycles. The molecule has 0 saturated carbocycles. The lowest BCUT2D eigenvalue weighted by molar-refractivity contribution is -0.165. The summed E-state index contributed by atoms with van der Waals surface area (Å²) in [6.07, 6.45) is -0.652. The van der Waals surface area contributed by atoms with Crippen molar-refractivity contribution >= 4 is 32.6 Å². The highest BCUT2D eigenvalue weighted by molar-refractivity contribution is 7.86. The van der Waals surface area contributed by atoms with Gasteiger partial charge in [-0.3, -0.25) is 13.8 Å². The zero-order valence-electron chi connectivity index (χ0n) is 18.5. The molecule has 0 fully saturated rings. The Balaban J connectivity index is 1.80. The molecule has 0 N–H and O–H groups in total. The van der Waals surface area contributed by atoms with E-state index in [1.807, 2.05) is 49.4 Å². The molecule has 0 aliphatic rings. The van der Waals surface area contributed by atoms with Crippen LogP contribution in [0.1, 0.15) is 38.0 Å². The number of hydrogen-bond donors (Lipinski definition) is 0. The van der Waals surface area contributed by atoms with E-state index in [4.69, 9.17) is 8.92 Å². The lowest BCUT2D eigenvalue weighted by Gasteiger charge is -2.26. The fraction of sp³-hybridized carbons (Fsp3) is 0.280. The molecule has 0 aromatic heterocycles. The second-order valence-electron chi connectivity index (χ2n) is 8.03. The van der Waals surface area contributed by atoms with Crippen LogP contribution in [-0.4, -0.2) is 26.8 Å². The van der Waals surface area contributed by atoms with Crippen molar-refractivity contribution in [3.05, 3.63) is 77.9 Å². The molecule has 3 aromatic rings. The van der Waals surface area contributed by atoms with E-state index in [0.29, 0.717) is 0 Å². The number of Topliss-reactive ketones (excluding diaryl/α,β-unsaturated/α-hetero) is 1. The summed E-state index contributed by atoms with van der Waals surface area (Å²) in [5.74, 6) is -1.39. The van der Waals surface area contributed by atoms with Crippen molar-refractivity contribution in [2.45, 2.75) is 38.7 Å². The molecule has 7 heteroatoms. The number of benzene rings is 3. The molecule has 6 nitrogen and oxygen atoms in total. The summed E-state index contributed by atoms with van der Waals surface area (Å²) in [6, 6.07) is 19.5. The van der Waals surface area contributed by atoms with E-state index >= 15 is 0 Å². The molecular formula is C25H26O6S. The van der Waals surface area contributed by atoms with E-state index < -0.39 is 40.0 Å². The molecule has 0 aliphatic heterocycles. The number of carbonyl (C=O) groups is 2. The average Bonchev–Trinajstić information content (AvgIpc) is 2.77. The second kappa shape index (κ2) is 9.22. The van der Waals surface area contributed by atoms with Crippen molar-refractivity contribution in [2.24, 2.45) is 5.41 Å². The van der Waals surface area contributed by atoms with E-state index in [2.05, 4.69) is 0 Å². The fourth-order valence-corrected chi connectivity index (χ4v) is 4.23. The summed E-state index contributed by atoms with van der Waals surface area (Å²) in [6.45, 7) is 5.44. The van der Waals surface area contributed by atoms with Crippen LogP contribution in [-0.2, 0) is 28.6 Å². The summed E-state index contributed by atoms with van der Waals surface area (Å²) < 4.78 is 35.8. The summed E-state index contributed by atoms with van der Waals surface area (Å²) in [7, 11) is -4.15. The van der Waals surface area contributed by atoms with Gasteiger partial charge in [0, 0.05) is 0 Å². The summed E-state index contributed by atoms with van der Waals surface area (Å²) in [5, 5.41) is 1.92. The van der Waals surface area contributed by atoms with E-state index in [1.165, 1.54) is 26.0 Å². The third-order valence-corrected chi connectivity index (χ3v) is 6.86. The third-order valence-electron chi connectivity index (χ3n) is 5.59. The van der Waals surface area contributed by atoms with E-state index in [0.717, 1.165) is 21.9 Å². The Bertz CT molecular complexity index is 1240. The number of hydrogen-bond acceptors (Lipinski definition) is 6. The quantitative estimate of drug-likeness (QED) is 0.277. The zero-order chi connectivity index (χ0) is 23.5. The third kappa shape index (κ3) is 4.89. The minimum absolute atomic E-state index is 0.0495. The Morgan fingerprint density at radius 2 is 1.59 bits per heavy atom. The number of fused-ring (bicyclic) bond motifs is 1. The minimum Gasteiger partial charge on any atom is -0.457 e. The Morgan fingerprint density at radius 1 is 0.969 bits per heavy atom. The van der Waals surface area contributed by atoms with Crippen molar-refractivity contribution in [3.8, 4) is 0 Å². The summed E-state index contributed by atoms with van der Waals surface area (Å²) in [5.41, 5.74) is -0.101. The first-order chi connectivity index (χ1) is 15.0. The van der Waals surface area contributed by atoms with E-state index in [1.54, 1.807) is 19.1 Å². The largest absolute Gasteiger partial charge is 0.457 e. The van der Waals surface area contributed by atoms with Gasteiger partial charge in [-0.25, -0.2) is 0 Å². The highest BCUT2D eigenvalue weighted by atomic mass is 32.2. The topological polar surface area (TPSA) is 86.7 Å². The van der Waals surface area contributed by atoms with Gasteiger partial charge in [0.05, 0.1) is 11.5 Å². The van der Waals surface area contributed by atoms with Crippen LogP contribution in [0, 0.1) is 12.3 Å². The van der Waals surface area contributed by atoms with Crippen molar-refractivity contribution in [1.29, 1.82) is 0 Å². The zero-order valence-corrected chi connectivity index (χ0v) is 19.3. The van der Waals surface area contributed by atoms with Crippen LogP contribution in [0.3, 0.4) is 0 Å². The molecule has 2 atom stereocenters. The van der Waals surface area contributed by atoms with Gasteiger partial charge >= 0.3 is 5.97 Å². The first-order valence-electron chi connectivity index (χ1n) is 10.2. The molecule has 3 rings (SSSR count). The Morgan fingerprint density at radius 3 is 2.25 bits per heavy atom. The van der Waals surface area contributed by atoms with Gasteiger partial charge in [0.15, 0.2) is 0 Å². The second-order valence-corrected chi connectivity index (χ2v) is 9.65. The van der Waals surface area contributed by atoms with Crippen LogP contribution in [0.15, 0.2) is 71.6 Å². The predicted octanol–water partition coefficient (Wildman–Crippen LogP) is 4.75. The number of aryl methyl sites for hydroxylation is 1. The molecule has 0 radical (unpaired) electrons. The SMILES string of the molecule is CC(=O)C(C)(COS(=O)(=O)c1ccc(C)cc1)C(=O)OC(C)c1cccc2ccccc12. The monoisotopic (exact) mass is 454 g/mol. The minimum atomic E-state index is -4.15. The van der Waals surface area contributed by atoms with Crippen molar-refractivity contribution in [1.82, 2.24) is 0 Å². The standard InChI is InChI=1S/C25H26O6S/c1-17-12-14-21(15-13-17)32(28,29)30-16-25(4,19(3)26)24(27)31-18(2)22-11-7-9-20-8-5-6-10-23(20)22/h5-15,18H,16H2,1-4H3. The molecule has 32 heavy (non-hydrogen) atoms. The van der Waals surface area contributed by atoms with Gasteiger partial charge in [0.25, 0.3) is 10.1 Å². The summed E-state index contributed by atoms with van der Waals surface area (Å²) in [4.78, 5) is 25.3. The molecular weight excluding hydrogens is 428 g/mol. The van der Waals surface area contributed by atoms with Crippen molar-refractivity contribution in [3.63, 3.8) is 0 Å². The molecule has 0 saturated heterocycles. The van der Waals surface area contributed by atoms with Gasteiger partial charge in [-0.1, -0.05) is 60.2 Å². The Hall–Kier alpha value is -3.03. The first-order valence-corrected chi connectivity index (χ1v) is 11.6. The number of ether oxygens (including phenoxy) is 1. The van der Waals surface area contributed by atoms with Gasteiger partial charge in [0.2, 0.25) is 0 Å². The lowest BCUT2D eigenvalue weighted by Crippen LogP contribution is -2.41. The molecule has 168 valence electrons. The Kier molecular flexibility index (Phi) is 6.81. The van der Waals surface area contributed by atoms with Gasteiger partial charge in [-0.05, 0) is 56.2 Å². The summed E-state index contributed by atoms with van der Waals surface area (Å²) >= 11 is 0. The van der Waals surface area contributed by atoms with Gasteiger partial charge in [0.1, 0.15) is 17.3 Å². The molecule has 0 heterocycles. The normalized spacial score (nSPS) is 14.5. The number of ketones is 1. The van der Waals surface area contributed by atoms with Crippen LogP contribution < -0.4 is 0 Å². The number of carbonyl (C=O) groups excluding carboxylic acids is 2. The highest BCUT2D eigenvalue weighted by Crippen LogP contribution is 2.30. The van der Waals surface area contributed by atoms with Crippen LogP contribution in [0.25, 0.3) is 10.8 Å². The predicted molar refractivity (Wildman–Crippen MR) is 122 cm³/mol. The lowest BCUT2D eigenvalue weighted by atomic mass is 9.87. The molecule has 3 aromatic carbocycles.